The van der Waals surface area contributed by atoms with Gasteiger partial charge in [0.25, 0.3) is 0 Å². The van der Waals surface area contributed by atoms with Crippen LogP contribution < -0.4 is 5.73 Å². The van der Waals surface area contributed by atoms with Gasteiger partial charge in [0.05, 0.1) is 0 Å². The van der Waals surface area contributed by atoms with E-state index in [-0.39, 0.29) is 0 Å². The summed E-state index contributed by atoms with van der Waals surface area (Å²) in [5.74, 6) is 0. The van der Waals surface area contributed by atoms with Gasteiger partial charge in [-0.2, -0.15) is 0 Å². The van der Waals surface area contributed by atoms with Crippen LogP contribution in [-0.2, 0) is 0 Å². The first kappa shape index (κ1) is 16.8. The minimum absolute atomic E-state index is 0.362. The molecule has 3 nitrogen and oxygen atoms in total. The Morgan fingerprint density at radius 2 is 1.95 bits per heavy atom. The van der Waals surface area contributed by atoms with Crippen molar-refractivity contribution in [3.8, 4) is 0 Å². The Bertz CT molecular complexity index is 417. The van der Waals surface area contributed by atoms with E-state index in [4.69, 9.17) is 5.73 Å². The van der Waals surface area contributed by atoms with E-state index in [0.717, 1.165) is 26.2 Å². The molecule has 118 valence electrons. The van der Waals surface area contributed by atoms with Gasteiger partial charge >= 0.3 is 0 Å². The highest BCUT2D eigenvalue weighted by Crippen LogP contribution is 2.27. The third-order valence-corrected chi connectivity index (χ3v) is 5.43. The van der Waals surface area contributed by atoms with Gasteiger partial charge in [-0.1, -0.05) is 26.0 Å². The molecule has 0 bridgehead atoms. The lowest BCUT2D eigenvalue weighted by atomic mass is 10.1. The summed E-state index contributed by atoms with van der Waals surface area (Å²) in [4.78, 5) is 6.46. The van der Waals surface area contributed by atoms with Crippen molar-refractivity contribution in [3.05, 3.63) is 29.8 Å². The van der Waals surface area contributed by atoms with E-state index in [2.05, 4.69) is 54.2 Å². The van der Waals surface area contributed by atoms with E-state index in [1.54, 1.807) is 11.8 Å². The second-order valence-corrected chi connectivity index (χ2v) is 6.56. The van der Waals surface area contributed by atoms with Crippen LogP contribution in [0.15, 0.2) is 29.2 Å². The molecule has 0 spiro atoms. The first-order valence-electron chi connectivity index (χ1n) is 8.05. The Hall–Kier alpha value is -0.550. The number of benzene rings is 1. The number of nitrogens with zero attached hydrogens (tertiary/aromatic N) is 2. The number of likely N-dealkylation sites (tertiary alicyclic amines) is 1. The standard InChI is InChI=1S/C17H29N3S/c1-4-19(5-2)15-10-11-20(13-15)17(12-18)14-6-8-16(21-3)9-7-14/h6-9,15,17H,4-5,10-13,18H2,1-3H3. The number of likely N-dealkylation sites (N-methyl/N-ethyl adjacent to an activating group) is 1. The van der Waals surface area contributed by atoms with Gasteiger partial charge in [-0.25, -0.2) is 0 Å². The molecule has 0 amide bonds. The van der Waals surface area contributed by atoms with Crippen LogP contribution in [0.3, 0.4) is 0 Å². The van der Waals surface area contributed by atoms with Crippen molar-refractivity contribution in [2.45, 2.75) is 37.2 Å². The summed E-state index contributed by atoms with van der Waals surface area (Å²) in [7, 11) is 0. The normalized spacial score (nSPS) is 21.1. The van der Waals surface area contributed by atoms with Gasteiger partial charge < -0.3 is 5.73 Å². The van der Waals surface area contributed by atoms with Crippen LogP contribution in [0.5, 0.6) is 0 Å². The molecule has 2 rings (SSSR count). The average molecular weight is 308 g/mol. The predicted molar refractivity (Wildman–Crippen MR) is 92.9 cm³/mol. The lowest BCUT2D eigenvalue weighted by Gasteiger charge is -2.30. The molecular weight excluding hydrogens is 278 g/mol. The second kappa shape index (κ2) is 8.18. The Balaban J connectivity index is 2.04. The summed E-state index contributed by atoms with van der Waals surface area (Å²) in [5, 5.41) is 0. The van der Waals surface area contributed by atoms with Crippen molar-refractivity contribution in [3.63, 3.8) is 0 Å². The Morgan fingerprint density at radius 3 is 2.48 bits per heavy atom. The zero-order valence-electron chi connectivity index (χ0n) is 13.6. The largest absolute Gasteiger partial charge is 0.329 e. The molecule has 4 heteroatoms. The van der Waals surface area contributed by atoms with E-state index in [0.29, 0.717) is 18.6 Å². The molecule has 1 heterocycles. The fourth-order valence-electron chi connectivity index (χ4n) is 3.41. The van der Waals surface area contributed by atoms with Crippen LogP contribution in [0, 0.1) is 0 Å². The molecular formula is C17H29N3S. The van der Waals surface area contributed by atoms with Crippen molar-refractivity contribution in [1.29, 1.82) is 0 Å². The Morgan fingerprint density at radius 1 is 1.29 bits per heavy atom. The van der Waals surface area contributed by atoms with Crippen LogP contribution >= 0.6 is 11.8 Å². The zero-order valence-corrected chi connectivity index (χ0v) is 14.4. The Labute approximate surface area is 133 Å². The van der Waals surface area contributed by atoms with E-state index in [1.165, 1.54) is 16.9 Å². The topological polar surface area (TPSA) is 32.5 Å². The zero-order chi connectivity index (χ0) is 15.2. The summed E-state index contributed by atoms with van der Waals surface area (Å²) < 4.78 is 0. The maximum Gasteiger partial charge on any atom is 0.0471 e. The third-order valence-electron chi connectivity index (χ3n) is 4.69. The first-order valence-corrected chi connectivity index (χ1v) is 9.28. The fourth-order valence-corrected chi connectivity index (χ4v) is 3.82. The highest BCUT2D eigenvalue weighted by molar-refractivity contribution is 7.98. The molecule has 0 aliphatic carbocycles. The molecule has 1 fully saturated rings. The third kappa shape index (κ3) is 4.01. The minimum atomic E-state index is 0.362. The van der Waals surface area contributed by atoms with Crippen molar-refractivity contribution < 1.29 is 0 Å². The lowest BCUT2D eigenvalue weighted by molar-refractivity contribution is 0.189. The van der Waals surface area contributed by atoms with Gasteiger partial charge in [0, 0.05) is 36.6 Å². The second-order valence-electron chi connectivity index (χ2n) is 5.68. The highest BCUT2D eigenvalue weighted by Gasteiger charge is 2.30. The van der Waals surface area contributed by atoms with Gasteiger partial charge in [0.1, 0.15) is 0 Å². The molecule has 2 atom stereocenters. The molecule has 1 aromatic rings. The molecule has 1 aromatic carbocycles. The van der Waals surface area contributed by atoms with Crippen LogP contribution in [0.2, 0.25) is 0 Å². The van der Waals surface area contributed by atoms with Crippen LogP contribution in [-0.4, -0.2) is 54.8 Å². The monoisotopic (exact) mass is 307 g/mol. The molecule has 0 saturated carbocycles. The van der Waals surface area contributed by atoms with E-state index >= 15 is 0 Å². The van der Waals surface area contributed by atoms with Crippen LogP contribution in [0.1, 0.15) is 31.9 Å². The summed E-state index contributed by atoms with van der Waals surface area (Å²) in [5.41, 5.74) is 7.44. The summed E-state index contributed by atoms with van der Waals surface area (Å²) in [6.45, 7) is 9.81. The van der Waals surface area contributed by atoms with Gasteiger partial charge in [0.2, 0.25) is 0 Å². The molecule has 0 aromatic heterocycles. The SMILES string of the molecule is CCN(CC)C1CCN(C(CN)c2ccc(SC)cc2)C1. The molecule has 21 heavy (non-hydrogen) atoms. The van der Waals surface area contributed by atoms with Crippen molar-refractivity contribution in [2.24, 2.45) is 5.73 Å². The van der Waals surface area contributed by atoms with Crippen molar-refractivity contribution in [1.82, 2.24) is 9.80 Å². The lowest BCUT2D eigenvalue weighted by Crippen LogP contribution is -2.39. The van der Waals surface area contributed by atoms with Crippen molar-refractivity contribution >= 4 is 11.8 Å². The van der Waals surface area contributed by atoms with Gasteiger partial charge in [-0.05, 0) is 43.5 Å². The quantitative estimate of drug-likeness (QED) is 0.785. The van der Waals surface area contributed by atoms with E-state index in [9.17, 15) is 0 Å². The smallest absolute Gasteiger partial charge is 0.0471 e. The predicted octanol–water partition coefficient (Wildman–Crippen LogP) is 2.82. The van der Waals surface area contributed by atoms with Crippen LogP contribution in [0.25, 0.3) is 0 Å². The summed E-state index contributed by atoms with van der Waals surface area (Å²) in [6, 6.07) is 9.96. The molecule has 0 radical (unpaired) electrons. The average Bonchev–Trinajstić information content (AvgIpc) is 2.99. The van der Waals surface area contributed by atoms with Crippen molar-refractivity contribution in [2.75, 3.05) is 39.0 Å². The number of rotatable bonds is 7. The maximum absolute atomic E-state index is 6.08. The number of thioether (sulfide) groups is 1. The summed E-state index contributed by atoms with van der Waals surface area (Å²) in [6.07, 6.45) is 3.38. The molecule has 2 unspecified atom stereocenters. The van der Waals surface area contributed by atoms with Gasteiger partial charge in [-0.3, -0.25) is 9.80 Å². The maximum atomic E-state index is 6.08. The Kier molecular flexibility index (Phi) is 6.55. The van der Waals surface area contributed by atoms with E-state index < -0.39 is 0 Å². The summed E-state index contributed by atoms with van der Waals surface area (Å²) >= 11 is 1.79. The highest BCUT2D eigenvalue weighted by atomic mass is 32.2. The van der Waals surface area contributed by atoms with Gasteiger partial charge in [0.15, 0.2) is 0 Å². The molecule has 2 N–H and O–H groups in total. The van der Waals surface area contributed by atoms with Gasteiger partial charge in [-0.15, -0.1) is 11.8 Å². The van der Waals surface area contributed by atoms with Crippen LogP contribution in [0.4, 0.5) is 0 Å². The molecule has 1 aliphatic rings. The first-order chi connectivity index (χ1) is 10.2. The minimum Gasteiger partial charge on any atom is -0.329 e. The number of nitrogens with two attached hydrogens (primary N) is 1. The molecule has 1 saturated heterocycles. The number of hydrogen-bond donors (Lipinski definition) is 1. The molecule has 1 aliphatic heterocycles. The fraction of sp³-hybridized carbons (Fsp3) is 0.647. The van der Waals surface area contributed by atoms with E-state index in [1.807, 2.05) is 0 Å². The number of hydrogen-bond acceptors (Lipinski definition) is 4.